The number of amides is 1. The predicted octanol–water partition coefficient (Wildman–Crippen LogP) is 2.28. The maximum absolute atomic E-state index is 12.6. The van der Waals surface area contributed by atoms with Crippen LogP contribution in [-0.4, -0.2) is 45.2 Å². The van der Waals surface area contributed by atoms with Gasteiger partial charge in [0.2, 0.25) is 0 Å². The molecule has 3 rings (SSSR count). The van der Waals surface area contributed by atoms with E-state index in [1.165, 1.54) is 0 Å². The van der Waals surface area contributed by atoms with Crippen LogP contribution in [0, 0.1) is 5.92 Å². The van der Waals surface area contributed by atoms with Crippen molar-refractivity contribution in [2.45, 2.75) is 25.7 Å². The topological polar surface area (TPSA) is 86.3 Å². The van der Waals surface area contributed by atoms with E-state index in [1.807, 2.05) is 29.2 Å². The van der Waals surface area contributed by atoms with E-state index in [4.69, 9.17) is 5.11 Å². The van der Waals surface area contributed by atoms with Gasteiger partial charge in [-0.1, -0.05) is 18.2 Å². The number of para-hydroxylation sites is 1. The summed E-state index contributed by atoms with van der Waals surface area (Å²) >= 11 is 0. The third kappa shape index (κ3) is 2.95. The number of nitrogens with zero attached hydrogens (tertiary/aromatic N) is 2. The second-order valence-electron chi connectivity index (χ2n) is 5.79. The maximum atomic E-state index is 12.6. The highest BCUT2D eigenvalue weighted by Crippen LogP contribution is 2.24. The first-order chi connectivity index (χ1) is 10.6. The molecule has 1 aromatic heterocycles. The molecular formula is C16H19N3O3. The van der Waals surface area contributed by atoms with Crippen molar-refractivity contribution < 1.29 is 14.7 Å². The number of aromatic amines is 1. The Labute approximate surface area is 128 Å². The van der Waals surface area contributed by atoms with Gasteiger partial charge < -0.3 is 10.0 Å². The molecule has 1 aliphatic rings. The lowest BCUT2D eigenvalue weighted by Gasteiger charge is -2.31. The molecule has 0 unspecified atom stereocenters. The molecule has 1 aliphatic heterocycles. The molecule has 2 N–H and O–H groups in total. The van der Waals surface area contributed by atoms with Crippen LogP contribution >= 0.6 is 0 Å². The van der Waals surface area contributed by atoms with Crippen molar-refractivity contribution in [2.75, 3.05) is 13.1 Å². The molecule has 0 spiro atoms. The number of nitrogens with one attached hydrogen (secondary N) is 1. The van der Waals surface area contributed by atoms with Gasteiger partial charge in [0.1, 0.15) is 0 Å². The highest BCUT2D eigenvalue weighted by molar-refractivity contribution is 6.04. The van der Waals surface area contributed by atoms with E-state index in [0.29, 0.717) is 31.1 Å². The molecule has 0 atom stereocenters. The minimum atomic E-state index is -0.749. The fourth-order valence-electron chi connectivity index (χ4n) is 3.03. The average molecular weight is 301 g/mol. The van der Waals surface area contributed by atoms with Crippen LogP contribution in [0.25, 0.3) is 10.9 Å². The van der Waals surface area contributed by atoms with Crippen molar-refractivity contribution in [3.8, 4) is 0 Å². The number of aromatic nitrogens is 2. The van der Waals surface area contributed by atoms with Crippen LogP contribution in [0.5, 0.6) is 0 Å². The van der Waals surface area contributed by atoms with Gasteiger partial charge in [-0.05, 0) is 31.2 Å². The molecule has 6 heteroatoms. The highest BCUT2D eigenvalue weighted by atomic mass is 16.4. The fraction of sp³-hybridized carbons (Fsp3) is 0.438. The van der Waals surface area contributed by atoms with Crippen molar-refractivity contribution in [3.05, 3.63) is 30.0 Å². The molecule has 116 valence electrons. The molecule has 0 aliphatic carbocycles. The summed E-state index contributed by atoms with van der Waals surface area (Å²) in [6.07, 6.45) is 2.63. The van der Waals surface area contributed by atoms with Gasteiger partial charge in [-0.2, -0.15) is 5.10 Å². The largest absolute Gasteiger partial charge is 0.481 e. The standard InChI is InChI=1S/C16H19N3O3/c20-14(21)6-5-11-7-9-19(10-8-11)16(22)15-12-3-1-2-4-13(12)17-18-15/h1-4,11H,5-10H2,(H,17,18)(H,20,21). The number of carboxylic acid groups (broad SMARTS) is 1. The van der Waals surface area contributed by atoms with Crippen molar-refractivity contribution in [2.24, 2.45) is 5.92 Å². The van der Waals surface area contributed by atoms with Crippen LogP contribution in [0.4, 0.5) is 0 Å². The lowest BCUT2D eigenvalue weighted by Crippen LogP contribution is -2.38. The maximum Gasteiger partial charge on any atom is 0.303 e. The van der Waals surface area contributed by atoms with Gasteiger partial charge in [0, 0.05) is 24.9 Å². The van der Waals surface area contributed by atoms with Crippen molar-refractivity contribution in [1.29, 1.82) is 0 Å². The Morgan fingerprint density at radius 1 is 1.27 bits per heavy atom. The number of rotatable bonds is 4. The Morgan fingerprint density at radius 2 is 2.00 bits per heavy atom. The second kappa shape index (κ2) is 6.17. The number of hydrogen-bond acceptors (Lipinski definition) is 3. The number of H-pyrrole nitrogens is 1. The normalized spacial score (nSPS) is 16.1. The van der Waals surface area contributed by atoms with E-state index in [2.05, 4.69) is 10.2 Å². The Hall–Kier alpha value is -2.37. The Kier molecular flexibility index (Phi) is 4.09. The fourth-order valence-corrected chi connectivity index (χ4v) is 3.03. The zero-order valence-electron chi connectivity index (χ0n) is 12.3. The number of carboxylic acids is 1. The summed E-state index contributed by atoms with van der Waals surface area (Å²) in [4.78, 5) is 25.0. The van der Waals surface area contributed by atoms with Crippen LogP contribution < -0.4 is 0 Å². The summed E-state index contributed by atoms with van der Waals surface area (Å²) in [5, 5.41) is 16.6. The molecule has 22 heavy (non-hydrogen) atoms. The van der Waals surface area contributed by atoms with Gasteiger partial charge in [0.15, 0.2) is 5.69 Å². The van der Waals surface area contributed by atoms with Gasteiger partial charge in [0.05, 0.1) is 5.52 Å². The number of piperidine rings is 1. The third-order valence-corrected chi connectivity index (χ3v) is 4.34. The van der Waals surface area contributed by atoms with Crippen molar-refractivity contribution >= 4 is 22.8 Å². The summed E-state index contributed by atoms with van der Waals surface area (Å²) in [6, 6.07) is 7.60. The summed E-state index contributed by atoms with van der Waals surface area (Å²) in [7, 11) is 0. The molecule has 1 fully saturated rings. The number of aliphatic carboxylic acids is 1. The quantitative estimate of drug-likeness (QED) is 0.907. The number of likely N-dealkylation sites (tertiary alicyclic amines) is 1. The molecule has 1 saturated heterocycles. The zero-order valence-corrected chi connectivity index (χ0v) is 12.3. The van der Waals surface area contributed by atoms with Crippen LogP contribution in [0.2, 0.25) is 0 Å². The van der Waals surface area contributed by atoms with Gasteiger partial charge in [-0.25, -0.2) is 0 Å². The Bertz CT molecular complexity index is 687. The molecule has 0 saturated carbocycles. The molecular weight excluding hydrogens is 282 g/mol. The monoisotopic (exact) mass is 301 g/mol. The van der Waals surface area contributed by atoms with E-state index in [0.717, 1.165) is 23.7 Å². The predicted molar refractivity (Wildman–Crippen MR) is 81.6 cm³/mol. The second-order valence-corrected chi connectivity index (χ2v) is 5.79. The lowest BCUT2D eigenvalue weighted by molar-refractivity contribution is -0.137. The first kappa shape index (κ1) is 14.6. The van der Waals surface area contributed by atoms with Gasteiger partial charge in [-0.3, -0.25) is 14.7 Å². The number of fused-ring (bicyclic) bond motifs is 1. The average Bonchev–Trinajstić information content (AvgIpc) is 2.97. The van der Waals surface area contributed by atoms with E-state index in [-0.39, 0.29) is 12.3 Å². The number of carbonyl (C=O) groups is 2. The molecule has 0 radical (unpaired) electrons. The van der Waals surface area contributed by atoms with Gasteiger partial charge in [0.25, 0.3) is 5.91 Å². The van der Waals surface area contributed by atoms with E-state index in [1.54, 1.807) is 0 Å². The molecule has 6 nitrogen and oxygen atoms in total. The van der Waals surface area contributed by atoms with Crippen LogP contribution in [0.1, 0.15) is 36.2 Å². The third-order valence-electron chi connectivity index (χ3n) is 4.34. The first-order valence-electron chi connectivity index (χ1n) is 7.59. The van der Waals surface area contributed by atoms with Crippen molar-refractivity contribution in [1.82, 2.24) is 15.1 Å². The van der Waals surface area contributed by atoms with Crippen LogP contribution in [0.3, 0.4) is 0 Å². The van der Waals surface area contributed by atoms with E-state index in [9.17, 15) is 9.59 Å². The Morgan fingerprint density at radius 3 is 2.73 bits per heavy atom. The number of hydrogen-bond donors (Lipinski definition) is 2. The van der Waals surface area contributed by atoms with Gasteiger partial charge in [-0.15, -0.1) is 0 Å². The molecule has 2 heterocycles. The zero-order chi connectivity index (χ0) is 15.5. The highest BCUT2D eigenvalue weighted by Gasteiger charge is 2.26. The minimum Gasteiger partial charge on any atom is -0.481 e. The lowest BCUT2D eigenvalue weighted by atomic mass is 9.92. The summed E-state index contributed by atoms with van der Waals surface area (Å²) in [6.45, 7) is 1.34. The number of carbonyl (C=O) groups excluding carboxylic acids is 1. The summed E-state index contributed by atoms with van der Waals surface area (Å²) < 4.78 is 0. The Balaban J connectivity index is 1.64. The molecule has 1 amide bonds. The number of benzene rings is 1. The molecule has 1 aromatic carbocycles. The SMILES string of the molecule is O=C(O)CCC1CCN(C(=O)c2n[nH]c3ccccc23)CC1. The molecule has 2 aromatic rings. The van der Waals surface area contributed by atoms with Gasteiger partial charge >= 0.3 is 5.97 Å². The smallest absolute Gasteiger partial charge is 0.303 e. The van der Waals surface area contributed by atoms with Crippen LogP contribution in [0.15, 0.2) is 24.3 Å². The summed E-state index contributed by atoms with van der Waals surface area (Å²) in [5.41, 5.74) is 1.33. The minimum absolute atomic E-state index is 0.0471. The van der Waals surface area contributed by atoms with Crippen LogP contribution in [-0.2, 0) is 4.79 Å². The first-order valence-corrected chi connectivity index (χ1v) is 7.59. The van der Waals surface area contributed by atoms with E-state index < -0.39 is 5.97 Å². The molecule has 0 bridgehead atoms. The van der Waals surface area contributed by atoms with Crippen molar-refractivity contribution in [3.63, 3.8) is 0 Å². The summed E-state index contributed by atoms with van der Waals surface area (Å²) in [5.74, 6) is -0.397. The van der Waals surface area contributed by atoms with E-state index >= 15 is 0 Å².